The van der Waals surface area contributed by atoms with Crippen LogP contribution in [0.1, 0.15) is 44.6 Å². The van der Waals surface area contributed by atoms with Gasteiger partial charge in [-0.1, -0.05) is 31.4 Å². The molecule has 1 fully saturated rings. The van der Waals surface area contributed by atoms with Gasteiger partial charge >= 0.3 is 0 Å². The molecule has 0 aromatic heterocycles. The molecule has 1 saturated carbocycles. The summed E-state index contributed by atoms with van der Waals surface area (Å²) in [5.41, 5.74) is 2.41. The Morgan fingerprint density at radius 3 is 2.24 bits per heavy atom. The fraction of sp³-hybridized carbons (Fsp3) is 0.611. The molecule has 3 nitrogen and oxygen atoms in total. The van der Waals surface area contributed by atoms with Gasteiger partial charge in [-0.15, -0.1) is 0 Å². The molecule has 0 unspecified atom stereocenters. The first-order valence-electron chi connectivity index (χ1n) is 8.17. The van der Waals surface area contributed by atoms with Crippen molar-refractivity contribution in [3.05, 3.63) is 29.8 Å². The lowest BCUT2D eigenvalue weighted by Crippen LogP contribution is -2.36. The van der Waals surface area contributed by atoms with E-state index in [0.29, 0.717) is 5.91 Å². The van der Waals surface area contributed by atoms with Crippen molar-refractivity contribution < 1.29 is 4.79 Å². The smallest absolute Gasteiger partial charge is 0.225 e. The summed E-state index contributed by atoms with van der Waals surface area (Å²) in [5, 5.41) is 0. The standard InChI is InChI=1S/C18H28N2O/c1-4-20(18(21)16-8-6-5-7-9-16)14-15-10-12-17(13-11-15)19(2)3/h10-13,16H,4-9,14H2,1-3H3. The number of benzene rings is 1. The van der Waals surface area contributed by atoms with E-state index in [0.717, 1.165) is 25.9 Å². The van der Waals surface area contributed by atoms with E-state index in [1.54, 1.807) is 0 Å². The molecule has 0 atom stereocenters. The van der Waals surface area contributed by atoms with Crippen LogP contribution in [0.5, 0.6) is 0 Å². The third-order valence-corrected chi connectivity index (χ3v) is 4.47. The molecular formula is C18H28N2O. The number of amides is 1. The highest BCUT2D eigenvalue weighted by atomic mass is 16.2. The molecule has 0 aliphatic heterocycles. The van der Waals surface area contributed by atoms with Gasteiger partial charge in [-0.05, 0) is 37.5 Å². The zero-order chi connectivity index (χ0) is 15.2. The second-order valence-corrected chi connectivity index (χ2v) is 6.25. The predicted molar refractivity (Wildman–Crippen MR) is 88.4 cm³/mol. The summed E-state index contributed by atoms with van der Waals surface area (Å²) < 4.78 is 0. The molecular weight excluding hydrogens is 260 g/mol. The highest BCUT2D eigenvalue weighted by Gasteiger charge is 2.25. The molecule has 0 heterocycles. The Labute approximate surface area is 128 Å². The zero-order valence-electron chi connectivity index (χ0n) is 13.6. The third-order valence-electron chi connectivity index (χ3n) is 4.47. The van der Waals surface area contributed by atoms with Crippen molar-refractivity contribution in [2.24, 2.45) is 5.92 Å². The Morgan fingerprint density at radius 2 is 1.71 bits per heavy atom. The number of carbonyl (C=O) groups excluding carboxylic acids is 1. The van der Waals surface area contributed by atoms with E-state index < -0.39 is 0 Å². The van der Waals surface area contributed by atoms with Gasteiger partial charge in [0.15, 0.2) is 0 Å². The molecule has 3 heteroatoms. The van der Waals surface area contributed by atoms with E-state index in [4.69, 9.17) is 0 Å². The van der Waals surface area contributed by atoms with Crippen LogP contribution in [0.25, 0.3) is 0 Å². The summed E-state index contributed by atoms with van der Waals surface area (Å²) in [4.78, 5) is 16.7. The second kappa shape index (κ2) is 7.48. The van der Waals surface area contributed by atoms with Crippen molar-refractivity contribution >= 4 is 11.6 Å². The van der Waals surface area contributed by atoms with Crippen molar-refractivity contribution in [2.75, 3.05) is 25.5 Å². The second-order valence-electron chi connectivity index (χ2n) is 6.25. The van der Waals surface area contributed by atoms with Gasteiger partial charge in [-0.3, -0.25) is 4.79 Å². The number of hydrogen-bond acceptors (Lipinski definition) is 2. The van der Waals surface area contributed by atoms with Gasteiger partial charge in [0.2, 0.25) is 5.91 Å². The maximum Gasteiger partial charge on any atom is 0.225 e. The van der Waals surface area contributed by atoms with Crippen LogP contribution in [-0.2, 0) is 11.3 Å². The largest absolute Gasteiger partial charge is 0.378 e. The highest BCUT2D eigenvalue weighted by Crippen LogP contribution is 2.26. The summed E-state index contributed by atoms with van der Waals surface area (Å²) in [5.74, 6) is 0.619. The van der Waals surface area contributed by atoms with Crippen LogP contribution in [0.4, 0.5) is 5.69 Å². The molecule has 2 rings (SSSR count). The van der Waals surface area contributed by atoms with Crippen LogP contribution in [0.3, 0.4) is 0 Å². The quantitative estimate of drug-likeness (QED) is 0.825. The Bertz CT molecular complexity index is 447. The van der Waals surface area contributed by atoms with Crippen LogP contribution >= 0.6 is 0 Å². The molecule has 0 spiro atoms. The van der Waals surface area contributed by atoms with E-state index in [2.05, 4.69) is 36.1 Å². The van der Waals surface area contributed by atoms with Gasteiger partial charge in [0.05, 0.1) is 0 Å². The number of hydrogen-bond donors (Lipinski definition) is 0. The van der Waals surface area contributed by atoms with E-state index in [1.165, 1.54) is 30.5 Å². The molecule has 0 bridgehead atoms. The number of rotatable bonds is 5. The van der Waals surface area contributed by atoms with Crippen molar-refractivity contribution in [3.8, 4) is 0 Å². The molecule has 116 valence electrons. The number of nitrogens with zero attached hydrogens (tertiary/aromatic N) is 2. The molecule has 1 amide bonds. The Kier molecular flexibility index (Phi) is 5.66. The van der Waals surface area contributed by atoms with E-state index in [9.17, 15) is 4.79 Å². The monoisotopic (exact) mass is 288 g/mol. The zero-order valence-corrected chi connectivity index (χ0v) is 13.6. The van der Waals surface area contributed by atoms with Gasteiger partial charge in [-0.25, -0.2) is 0 Å². The van der Waals surface area contributed by atoms with E-state index in [-0.39, 0.29) is 5.92 Å². The highest BCUT2D eigenvalue weighted by molar-refractivity contribution is 5.78. The number of carbonyl (C=O) groups is 1. The fourth-order valence-electron chi connectivity index (χ4n) is 3.07. The van der Waals surface area contributed by atoms with Gasteiger partial charge in [-0.2, -0.15) is 0 Å². The molecule has 21 heavy (non-hydrogen) atoms. The summed E-state index contributed by atoms with van der Waals surface area (Å²) >= 11 is 0. The predicted octanol–water partition coefficient (Wildman–Crippen LogP) is 3.68. The van der Waals surface area contributed by atoms with Gasteiger partial charge in [0.1, 0.15) is 0 Å². The molecule has 0 N–H and O–H groups in total. The van der Waals surface area contributed by atoms with Gasteiger partial charge < -0.3 is 9.80 Å². The first kappa shape index (κ1) is 15.9. The Morgan fingerprint density at radius 1 is 1.10 bits per heavy atom. The maximum atomic E-state index is 12.6. The van der Waals surface area contributed by atoms with Crippen LogP contribution in [-0.4, -0.2) is 31.4 Å². The molecule has 1 aromatic rings. The Hall–Kier alpha value is -1.51. The van der Waals surface area contributed by atoms with Crippen LogP contribution in [0, 0.1) is 5.92 Å². The lowest BCUT2D eigenvalue weighted by Gasteiger charge is -2.28. The first-order valence-corrected chi connectivity index (χ1v) is 8.17. The molecule has 1 aliphatic rings. The van der Waals surface area contributed by atoms with E-state index >= 15 is 0 Å². The van der Waals surface area contributed by atoms with Gasteiger partial charge in [0, 0.05) is 38.8 Å². The van der Waals surface area contributed by atoms with Crippen molar-refractivity contribution in [1.82, 2.24) is 4.90 Å². The minimum Gasteiger partial charge on any atom is -0.378 e. The van der Waals surface area contributed by atoms with Crippen molar-refractivity contribution in [1.29, 1.82) is 0 Å². The van der Waals surface area contributed by atoms with Crippen LogP contribution in [0.2, 0.25) is 0 Å². The normalized spacial score (nSPS) is 15.8. The molecule has 0 saturated heterocycles. The molecule has 0 radical (unpaired) electrons. The summed E-state index contributed by atoms with van der Waals surface area (Å²) in [7, 11) is 4.08. The SMILES string of the molecule is CCN(Cc1ccc(N(C)C)cc1)C(=O)C1CCCCC1. The minimum atomic E-state index is 0.264. The number of anilines is 1. The van der Waals surface area contributed by atoms with E-state index in [1.807, 2.05) is 19.0 Å². The third kappa shape index (κ3) is 4.23. The topological polar surface area (TPSA) is 23.6 Å². The maximum absolute atomic E-state index is 12.6. The van der Waals surface area contributed by atoms with Crippen LogP contribution < -0.4 is 4.90 Å². The summed E-state index contributed by atoms with van der Waals surface area (Å²) in [6, 6.07) is 8.50. The summed E-state index contributed by atoms with van der Waals surface area (Å²) in [6.07, 6.45) is 5.88. The van der Waals surface area contributed by atoms with Crippen LogP contribution in [0.15, 0.2) is 24.3 Å². The summed E-state index contributed by atoms with van der Waals surface area (Å²) in [6.45, 7) is 3.61. The molecule has 1 aromatic carbocycles. The lowest BCUT2D eigenvalue weighted by molar-refractivity contribution is -0.137. The average Bonchev–Trinajstić information content (AvgIpc) is 2.53. The Balaban J connectivity index is 1.99. The minimum absolute atomic E-state index is 0.264. The lowest BCUT2D eigenvalue weighted by atomic mass is 9.88. The molecule has 1 aliphatic carbocycles. The first-order chi connectivity index (χ1) is 10.1. The van der Waals surface area contributed by atoms with Crippen molar-refractivity contribution in [2.45, 2.75) is 45.6 Å². The average molecular weight is 288 g/mol. The fourth-order valence-corrected chi connectivity index (χ4v) is 3.07. The van der Waals surface area contributed by atoms with Crippen molar-refractivity contribution in [3.63, 3.8) is 0 Å². The van der Waals surface area contributed by atoms with Gasteiger partial charge in [0.25, 0.3) is 0 Å².